The fourth-order valence-corrected chi connectivity index (χ4v) is 4.63. The summed E-state index contributed by atoms with van der Waals surface area (Å²) in [6.45, 7) is 3.64. The van der Waals surface area contributed by atoms with Crippen LogP contribution in [-0.4, -0.2) is 14.5 Å². The van der Waals surface area contributed by atoms with Gasteiger partial charge in [0, 0.05) is 34.4 Å². The molecule has 2 aromatic carbocycles. The molecule has 7 heteroatoms. The summed E-state index contributed by atoms with van der Waals surface area (Å²) in [6.07, 6.45) is 5.47. The summed E-state index contributed by atoms with van der Waals surface area (Å²) < 4.78 is 33.5. The van der Waals surface area contributed by atoms with Crippen LogP contribution in [0.25, 0.3) is 32.9 Å². The highest BCUT2D eigenvalue weighted by Gasteiger charge is 2.27. The third-order valence-electron chi connectivity index (χ3n) is 6.33. The van der Waals surface area contributed by atoms with Crippen LogP contribution in [-0.2, 0) is 0 Å². The minimum atomic E-state index is -0.627. The van der Waals surface area contributed by atoms with Gasteiger partial charge in [-0.2, -0.15) is 5.10 Å². The number of nitrogens with one attached hydrogen (secondary N) is 1. The van der Waals surface area contributed by atoms with E-state index in [0.29, 0.717) is 38.9 Å². The van der Waals surface area contributed by atoms with Crippen LogP contribution in [0.4, 0.5) is 14.5 Å². The molecule has 0 radical (unpaired) electrons. The molecular formula is C28H23F2N5. The molecule has 0 bridgehead atoms. The lowest BCUT2D eigenvalue weighted by Gasteiger charge is -2.15. The fraction of sp³-hybridized carbons (Fsp3) is 0.179. The maximum absolute atomic E-state index is 16.1. The van der Waals surface area contributed by atoms with Gasteiger partial charge in [0.1, 0.15) is 5.82 Å². The van der Waals surface area contributed by atoms with E-state index in [1.807, 2.05) is 54.9 Å². The van der Waals surface area contributed by atoms with Gasteiger partial charge in [-0.1, -0.05) is 18.2 Å². The van der Waals surface area contributed by atoms with Crippen molar-refractivity contribution in [1.82, 2.24) is 14.5 Å². The topological polar surface area (TPSA) is 55.1 Å². The number of aryl methyl sites for hydroxylation is 2. The van der Waals surface area contributed by atoms with E-state index < -0.39 is 11.6 Å². The monoisotopic (exact) mass is 467 g/mol. The zero-order chi connectivity index (χ0) is 24.1. The second kappa shape index (κ2) is 8.27. The molecular weight excluding hydrogens is 444 g/mol. The van der Waals surface area contributed by atoms with Crippen LogP contribution in [0.2, 0.25) is 0 Å². The molecule has 1 aliphatic carbocycles. The Kier molecular flexibility index (Phi) is 5.06. The molecule has 1 N–H and O–H groups in total. The highest BCUT2D eigenvalue weighted by molar-refractivity contribution is 5.86. The Morgan fingerprint density at radius 2 is 1.77 bits per heavy atom. The summed E-state index contributed by atoms with van der Waals surface area (Å²) in [6, 6.07) is 16.5. The minimum absolute atomic E-state index is 0.0376. The van der Waals surface area contributed by atoms with Gasteiger partial charge in [0.15, 0.2) is 5.82 Å². The zero-order valence-corrected chi connectivity index (χ0v) is 19.4. The van der Waals surface area contributed by atoms with E-state index in [1.54, 1.807) is 24.4 Å². The van der Waals surface area contributed by atoms with E-state index in [2.05, 4.69) is 20.5 Å². The van der Waals surface area contributed by atoms with Gasteiger partial charge in [0.05, 0.1) is 33.8 Å². The molecule has 35 heavy (non-hydrogen) atoms. The molecule has 3 aromatic heterocycles. The lowest BCUT2D eigenvalue weighted by atomic mass is 10.0. The second-order valence-electron chi connectivity index (χ2n) is 9.06. The van der Waals surface area contributed by atoms with Crippen LogP contribution in [0.3, 0.4) is 0 Å². The average Bonchev–Trinajstić information content (AvgIpc) is 3.67. The summed E-state index contributed by atoms with van der Waals surface area (Å²) in [5.74, 6) is -1.21. The molecule has 3 heterocycles. The first-order valence-electron chi connectivity index (χ1n) is 11.6. The number of hydrogen-bond donors (Lipinski definition) is 1. The number of aromatic nitrogens is 3. The van der Waals surface area contributed by atoms with Crippen molar-refractivity contribution >= 4 is 27.5 Å². The van der Waals surface area contributed by atoms with Gasteiger partial charge in [-0.25, -0.2) is 8.78 Å². The van der Waals surface area contributed by atoms with E-state index in [4.69, 9.17) is 0 Å². The maximum atomic E-state index is 16.1. The van der Waals surface area contributed by atoms with Gasteiger partial charge in [-0.05, 0) is 68.7 Å². The molecule has 1 saturated carbocycles. The van der Waals surface area contributed by atoms with Gasteiger partial charge in [0.2, 0.25) is 0 Å². The Balaban J connectivity index is 1.52. The van der Waals surface area contributed by atoms with Crippen molar-refractivity contribution in [2.75, 3.05) is 5.43 Å². The Morgan fingerprint density at radius 3 is 2.54 bits per heavy atom. The molecule has 5 nitrogen and oxygen atoms in total. The normalized spacial score (nSPS) is 14.1. The third-order valence-corrected chi connectivity index (χ3v) is 6.33. The molecule has 5 aromatic rings. The van der Waals surface area contributed by atoms with Crippen LogP contribution in [0.15, 0.2) is 72.1 Å². The van der Waals surface area contributed by atoms with Crippen molar-refractivity contribution in [3.8, 4) is 11.1 Å². The van der Waals surface area contributed by atoms with Crippen molar-refractivity contribution < 1.29 is 8.78 Å². The minimum Gasteiger partial charge on any atom is -0.342 e. The Bertz CT molecular complexity index is 1670. The molecule has 1 fully saturated rings. The number of benzene rings is 2. The lowest BCUT2D eigenvalue weighted by Crippen LogP contribution is -2.13. The summed E-state index contributed by atoms with van der Waals surface area (Å²) in [5.41, 5.74) is 6.81. The number of pyridine rings is 3. The summed E-state index contributed by atoms with van der Waals surface area (Å²) in [7, 11) is 0. The number of nitrogens with zero attached hydrogens (tertiary/aromatic N) is 4. The highest BCUT2D eigenvalue weighted by Crippen LogP contribution is 2.39. The van der Waals surface area contributed by atoms with Gasteiger partial charge in [-0.3, -0.25) is 15.4 Å². The molecule has 0 aliphatic heterocycles. The van der Waals surface area contributed by atoms with Crippen LogP contribution in [0, 0.1) is 25.5 Å². The number of anilines is 1. The van der Waals surface area contributed by atoms with Gasteiger partial charge < -0.3 is 4.57 Å². The van der Waals surface area contributed by atoms with E-state index in [0.717, 1.165) is 23.7 Å². The summed E-state index contributed by atoms with van der Waals surface area (Å²) in [4.78, 5) is 8.78. The van der Waals surface area contributed by atoms with Crippen molar-refractivity contribution in [1.29, 1.82) is 0 Å². The first-order chi connectivity index (χ1) is 17.0. The predicted molar refractivity (Wildman–Crippen MR) is 134 cm³/mol. The predicted octanol–water partition coefficient (Wildman–Crippen LogP) is 6.41. The standard InChI is InChI=1S/C28H23F2N5/c1-16-11-19(12-17(2)32-16)26-23(29)14-22-25(9-10-35(21-7-8-21)28(22)27(26)30)34-33-20-13-18-5-3-4-6-24(18)31-15-20/h3-6,9-15,21,33H,7-8H2,1-2H3/b34-25+. The fourth-order valence-electron chi connectivity index (χ4n) is 4.63. The van der Waals surface area contributed by atoms with E-state index in [-0.39, 0.29) is 11.6 Å². The van der Waals surface area contributed by atoms with Gasteiger partial charge in [-0.15, -0.1) is 0 Å². The molecule has 1 aliphatic rings. The number of rotatable bonds is 4. The Hall–Kier alpha value is -4.13. The quantitative estimate of drug-likeness (QED) is 0.311. The van der Waals surface area contributed by atoms with Crippen molar-refractivity contribution in [3.63, 3.8) is 0 Å². The lowest BCUT2D eigenvalue weighted by molar-refractivity contribution is 0.589. The van der Waals surface area contributed by atoms with Crippen LogP contribution < -0.4 is 10.8 Å². The molecule has 0 saturated heterocycles. The van der Waals surface area contributed by atoms with Crippen molar-refractivity contribution in [3.05, 3.63) is 95.4 Å². The van der Waals surface area contributed by atoms with E-state index in [1.165, 1.54) is 6.07 Å². The van der Waals surface area contributed by atoms with Crippen LogP contribution in [0.1, 0.15) is 30.3 Å². The van der Waals surface area contributed by atoms with Crippen LogP contribution in [0.5, 0.6) is 0 Å². The number of para-hydroxylation sites is 1. The number of halogens is 2. The molecule has 0 amide bonds. The smallest absolute Gasteiger partial charge is 0.158 e. The Morgan fingerprint density at radius 1 is 1.00 bits per heavy atom. The first kappa shape index (κ1) is 21.4. The molecule has 174 valence electrons. The second-order valence-corrected chi connectivity index (χ2v) is 9.06. The van der Waals surface area contributed by atoms with Gasteiger partial charge >= 0.3 is 0 Å². The zero-order valence-electron chi connectivity index (χ0n) is 19.4. The third kappa shape index (κ3) is 3.93. The molecule has 6 rings (SSSR count). The van der Waals surface area contributed by atoms with E-state index >= 15 is 8.78 Å². The van der Waals surface area contributed by atoms with Crippen molar-refractivity contribution in [2.24, 2.45) is 5.10 Å². The maximum Gasteiger partial charge on any atom is 0.158 e. The van der Waals surface area contributed by atoms with Crippen molar-refractivity contribution in [2.45, 2.75) is 32.7 Å². The van der Waals surface area contributed by atoms with Crippen LogP contribution >= 0.6 is 0 Å². The average molecular weight is 468 g/mol. The number of hydrogen-bond acceptors (Lipinski definition) is 4. The SMILES string of the molecule is Cc1cc(-c2c(F)cc3/c(=N/Nc4cnc5ccccc5c4)ccn(C4CC4)c3c2F)cc(C)n1. The highest BCUT2D eigenvalue weighted by atomic mass is 19.1. The first-order valence-corrected chi connectivity index (χ1v) is 11.6. The Labute approximate surface area is 200 Å². The molecule has 0 atom stereocenters. The van der Waals surface area contributed by atoms with Gasteiger partial charge in [0.25, 0.3) is 0 Å². The molecule has 0 spiro atoms. The largest absolute Gasteiger partial charge is 0.342 e. The van der Waals surface area contributed by atoms with E-state index in [9.17, 15) is 0 Å². The summed E-state index contributed by atoms with van der Waals surface area (Å²) in [5, 5.41) is 6.35. The number of fused-ring (bicyclic) bond motifs is 2. The summed E-state index contributed by atoms with van der Waals surface area (Å²) >= 11 is 0. The molecule has 0 unspecified atom stereocenters.